The second-order valence-corrected chi connectivity index (χ2v) is 7.78. The molecule has 0 aliphatic carbocycles. The van der Waals surface area contributed by atoms with Gasteiger partial charge in [-0.2, -0.15) is 9.40 Å². The van der Waals surface area contributed by atoms with E-state index in [4.69, 9.17) is 4.74 Å². The summed E-state index contributed by atoms with van der Waals surface area (Å²) in [7, 11) is -3.94. The van der Waals surface area contributed by atoms with Crippen molar-refractivity contribution in [3.8, 4) is 5.88 Å². The molecule has 0 saturated carbocycles. The molecule has 1 fully saturated rings. The van der Waals surface area contributed by atoms with Gasteiger partial charge in [-0.15, -0.1) is 5.10 Å². The second-order valence-electron chi connectivity index (χ2n) is 5.84. The van der Waals surface area contributed by atoms with Gasteiger partial charge in [0.1, 0.15) is 17.7 Å². The van der Waals surface area contributed by atoms with Crippen molar-refractivity contribution in [3.05, 3.63) is 47.7 Å². The largest absolute Gasteiger partial charge is 0.473 e. The van der Waals surface area contributed by atoms with E-state index in [-0.39, 0.29) is 24.1 Å². The van der Waals surface area contributed by atoms with Crippen LogP contribution in [0.3, 0.4) is 0 Å². The van der Waals surface area contributed by atoms with E-state index in [1.165, 1.54) is 4.31 Å². The van der Waals surface area contributed by atoms with Crippen LogP contribution in [-0.2, 0) is 10.0 Å². The van der Waals surface area contributed by atoms with Crippen LogP contribution >= 0.6 is 0 Å². The number of piperidine rings is 1. The molecule has 6 nitrogen and oxygen atoms in total. The Balaban J connectivity index is 1.65. The first kappa shape index (κ1) is 17.7. The van der Waals surface area contributed by atoms with E-state index in [0.29, 0.717) is 24.8 Å². The highest BCUT2D eigenvalue weighted by atomic mass is 32.2. The molecule has 25 heavy (non-hydrogen) atoms. The van der Waals surface area contributed by atoms with Gasteiger partial charge < -0.3 is 4.74 Å². The second kappa shape index (κ2) is 7.01. The van der Waals surface area contributed by atoms with E-state index < -0.39 is 21.7 Å². The molecule has 1 aliphatic rings. The molecule has 2 heterocycles. The van der Waals surface area contributed by atoms with Gasteiger partial charge in [0, 0.05) is 25.2 Å². The zero-order valence-corrected chi connectivity index (χ0v) is 14.3. The van der Waals surface area contributed by atoms with E-state index >= 15 is 0 Å². The number of hydrogen-bond acceptors (Lipinski definition) is 5. The topological polar surface area (TPSA) is 72.4 Å². The monoisotopic (exact) mass is 369 g/mol. The van der Waals surface area contributed by atoms with Crippen LogP contribution in [0.25, 0.3) is 0 Å². The maximum absolute atomic E-state index is 13.3. The highest BCUT2D eigenvalue weighted by Gasteiger charge is 2.31. The van der Waals surface area contributed by atoms with Crippen molar-refractivity contribution in [2.24, 2.45) is 0 Å². The first-order chi connectivity index (χ1) is 11.8. The Kier molecular flexibility index (Phi) is 4.96. The predicted molar refractivity (Wildman–Crippen MR) is 85.5 cm³/mol. The highest BCUT2D eigenvalue weighted by Crippen LogP contribution is 2.24. The Hall–Kier alpha value is -2.13. The lowest BCUT2D eigenvalue weighted by atomic mass is 10.1. The quantitative estimate of drug-likeness (QED) is 0.827. The summed E-state index contributed by atoms with van der Waals surface area (Å²) in [5.74, 6) is -1.46. The lowest BCUT2D eigenvalue weighted by molar-refractivity contribution is 0.128. The fraction of sp³-hybridized carbons (Fsp3) is 0.375. The van der Waals surface area contributed by atoms with Crippen molar-refractivity contribution >= 4 is 10.0 Å². The van der Waals surface area contributed by atoms with Crippen LogP contribution in [0.15, 0.2) is 35.2 Å². The maximum atomic E-state index is 13.3. The smallest absolute Gasteiger partial charge is 0.243 e. The summed E-state index contributed by atoms with van der Waals surface area (Å²) in [4.78, 5) is -0.381. The van der Waals surface area contributed by atoms with Crippen LogP contribution in [0.2, 0.25) is 0 Å². The molecule has 0 N–H and O–H groups in total. The van der Waals surface area contributed by atoms with Gasteiger partial charge in [0.25, 0.3) is 0 Å². The van der Waals surface area contributed by atoms with Gasteiger partial charge >= 0.3 is 0 Å². The van der Waals surface area contributed by atoms with Gasteiger partial charge in [-0.3, -0.25) is 0 Å². The molecule has 1 aliphatic heterocycles. The summed E-state index contributed by atoms with van der Waals surface area (Å²) in [6, 6.07) is 5.77. The molecule has 0 spiro atoms. The third-order valence-electron chi connectivity index (χ3n) is 3.94. The zero-order valence-electron chi connectivity index (χ0n) is 13.5. The van der Waals surface area contributed by atoms with Crippen molar-refractivity contribution in [2.75, 3.05) is 13.1 Å². The number of halogens is 2. The van der Waals surface area contributed by atoms with Gasteiger partial charge in [0.2, 0.25) is 15.9 Å². The van der Waals surface area contributed by atoms with Crippen LogP contribution in [0.4, 0.5) is 8.78 Å². The Bertz CT molecular complexity index is 831. The molecule has 134 valence electrons. The number of sulfonamides is 1. The molecule has 1 aromatic carbocycles. The van der Waals surface area contributed by atoms with Crippen molar-refractivity contribution in [2.45, 2.75) is 30.8 Å². The summed E-state index contributed by atoms with van der Waals surface area (Å²) < 4.78 is 58.6. The molecule has 0 radical (unpaired) electrons. The average Bonchev–Trinajstić information content (AvgIpc) is 2.57. The lowest BCUT2D eigenvalue weighted by Gasteiger charge is -2.31. The number of ether oxygens (including phenoxy) is 1. The first-order valence-corrected chi connectivity index (χ1v) is 9.22. The molecule has 0 amide bonds. The first-order valence-electron chi connectivity index (χ1n) is 7.78. The summed E-state index contributed by atoms with van der Waals surface area (Å²) in [5, 5.41) is 7.82. The maximum Gasteiger partial charge on any atom is 0.243 e. The zero-order chi connectivity index (χ0) is 18.0. The number of rotatable bonds is 4. The molecule has 2 aromatic rings. The van der Waals surface area contributed by atoms with E-state index in [9.17, 15) is 17.2 Å². The molecule has 0 unspecified atom stereocenters. The number of aryl methyl sites for hydroxylation is 1. The molecule has 1 aromatic heterocycles. The number of benzene rings is 1. The molecule has 1 saturated heterocycles. The SMILES string of the molecule is Cc1ccc(OC2CCN(S(=O)(=O)c3cc(F)cc(F)c3)CC2)nn1. The molecular formula is C16H17F2N3O3S. The Morgan fingerprint density at radius 2 is 1.72 bits per heavy atom. The summed E-state index contributed by atoms with van der Waals surface area (Å²) in [5.41, 5.74) is 0.774. The fourth-order valence-corrected chi connectivity index (χ4v) is 4.15. The van der Waals surface area contributed by atoms with E-state index in [1.807, 2.05) is 6.92 Å². The Morgan fingerprint density at radius 1 is 1.08 bits per heavy atom. The van der Waals surface area contributed by atoms with Crippen LogP contribution in [0.1, 0.15) is 18.5 Å². The van der Waals surface area contributed by atoms with Crippen molar-refractivity contribution < 1.29 is 21.9 Å². The average molecular weight is 369 g/mol. The number of aromatic nitrogens is 2. The minimum absolute atomic E-state index is 0.187. The number of hydrogen-bond donors (Lipinski definition) is 0. The van der Waals surface area contributed by atoms with Crippen LogP contribution in [-0.4, -0.2) is 42.1 Å². The van der Waals surface area contributed by atoms with Crippen molar-refractivity contribution in [1.82, 2.24) is 14.5 Å². The summed E-state index contributed by atoms with van der Waals surface area (Å²) in [6.45, 7) is 2.21. The molecule has 9 heteroatoms. The Labute approximate surface area is 144 Å². The fourth-order valence-electron chi connectivity index (χ4n) is 2.64. The minimum Gasteiger partial charge on any atom is -0.473 e. The normalized spacial score (nSPS) is 16.8. The lowest BCUT2D eigenvalue weighted by Crippen LogP contribution is -2.41. The van der Waals surface area contributed by atoms with Crippen LogP contribution in [0.5, 0.6) is 5.88 Å². The molecule has 0 atom stereocenters. The highest BCUT2D eigenvalue weighted by molar-refractivity contribution is 7.89. The predicted octanol–water partition coefficient (Wildman–Crippen LogP) is 2.30. The molecular weight excluding hydrogens is 352 g/mol. The van der Waals surface area contributed by atoms with E-state index in [1.54, 1.807) is 12.1 Å². The van der Waals surface area contributed by atoms with Gasteiger partial charge in [0.15, 0.2) is 0 Å². The van der Waals surface area contributed by atoms with Gasteiger partial charge in [0.05, 0.1) is 10.6 Å². The van der Waals surface area contributed by atoms with Crippen LogP contribution < -0.4 is 4.74 Å². The van der Waals surface area contributed by atoms with E-state index in [2.05, 4.69) is 10.2 Å². The van der Waals surface area contributed by atoms with Gasteiger partial charge in [-0.1, -0.05) is 0 Å². The van der Waals surface area contributed by atoms with E-state index in [0.717, 1.165) is 17.8 Å². The van der Waals surface area contributed by atoms with Gasteiger partial charge in [-0.25, -0.2) is 17.2 Å². The van der Waals surface area contributed by atoms with Gasteiger partial charge in [-0.05, 0) is 38.0 Å². The number of nitrogens with zero attached hydrogens (tertiary/aromatic N) is 3. The third-order valence-corrected chi connectivity index (χ3v) is 5.81. The minimum atomic E-state index is -3.94. The summed E-state index contributed by atoms with van der Waals surface area (Å²) >= 11 is 0. The van der Waals surface area contributed by atoms with Crippen LogP contribution in [0, 0.1) is 18.6 Å². The molecule has 0 bridgehead atoms. The third kappa shape index (κ3) is 4.10. The van der Waals surface area contributed by atoms with Crippen molar-refractivity contribution in [1.29, 1.82) is 0 Å². The van der Waals surface area contributed by atoms with Crippen molar-refractivity contribution in [3.63, 3.8) is 0 Å². The summed E-state index contributed by atoms with van der Waals surface area (Å²) in [6.07, 6.45) is 0.715. The molecule has 3 rings (SSSR count). The Morgan fingerprint density at radius 3 is 2.28 bits per heavy atom. The standard InChI is InChI=1S/C16H17F2N3O3S/c1-11-2-3-16(20-19-11)24-14-4-6-21(7-5-14)25(22,23)15-9-12(17)8-13(18)10-15/h2-3,8-10,14H,4-7H2,1H3.